The van der Waals surface area contributed by atoms with Crippen molar-refractivity contribution in [2.45, 2.75) is 51.9 Å². The molecule has 0 unspecified atom stereocenters. The molecule has 0 aliphatic rings. The number of hydrogen-bond acceptors (Lipinski definition) is 26. The number of pyridine rings is 9. The molecule has 0 saturated carbocycles. The van der Waals surface area contributed by atoms with E-state index in [-0.39, 0.29) is 145 Å². The number of Topliss-reactive ketones (excluding diaryl/α,β-unsaturated/α-hetero) is 3. The monoisotopic (exact) mass is 1790 g/mol. The SMILES string of the molecule is CC(=O)c1sc2nc(-c3cccnc3)cc(C(F)(F)F)c2c1N.CC(=O)c1sc2nc(-c3cccnc3)cc(C(F)F)c2c1N.COC(=O)c1sc2nc(-c3cccnc3)cc(C(F)(F)F)c2c1N.COc1cccc(-c2cc(C(F)(F)F)c3c(N)c(C(C)=O)sc3n2)c1.Nc1c(C(=O)c2ccc(F)cc2)sc2nc(-c3cccnc3)cc(C(F)(F)F)c12. The van der Waals surface area contributed by atoms with Gasteiger partial charge in [-0.3, -0.25) is 39.1 Å². The maximum Gasteiger partial charge on any atom is 0.417 e. The molecule has 0 aliphatic carbocycles. The van der Waals surface area contributed by atoms with Crippen LogP contribution in [0.25, 0.3) is 107 Å². The summed E-state index contributed by atoms with van der Waals surface area (Å²) >= 11 is 4.30. The second-order valence-electron chi connectivity index (χ2n) is 25.9. The zero-order chi connectivity index (χ0) is 89.2. The lowest BCUT2D eigenvalue weighted by Crippen LogP contribution is -2.08. The minimum atomic E-state index is -4.70. The lowest BCUT2D eigenvalue weighted by Gasteiger charge is -2.11. The Labute approximate surface area is 702 Å². The Balaban J connectivity index is 0.000000141. The van der Waals surface area contributed by atoms with Crippen molar-refractivity contribution < 1.29 is 99.3 Å². The van der Waals surface area contributed by atoms with Gasteiger partial charge in [0, 0.05) is 136 Å². The predicted octanol–water partition coefficient (Wildman–Crippen LogP) is 22.1. The van der Waals surface area contributed by atoms with Gasteiger partial charge in [0.25, 0.3) is 6.43 Å². The molecular weight excluding hydrogens is 1740 g/mol. The average Bonchev–Trinajstić information content (AvgIpc) is 1.58. The van der Waals surface area contributed by atoms with E-state index in [1.165, 1.54) is 83.3 Å². The van der Waals surface area contributed by atoms with Crippen LogP contribution in [-0.4, -0.2) is 88.2 Å². The molecule has 0 aliphatic heterocycles. The first-order valence-electron chi connectivity index (χ1n) is 35.0. The number of nitrogens with two attached hydrogens (primary N) is 5. The summed E-state index contributed by atoms with van der Waals surface area (Å²) in [6.45, 7) is 3.87. The van der Waals surface area contributed by atoms with Crippen molar-refractivity contribution >= 4 is 165 Å². The lowest BCUT2D eigenvalue weighted by molar-refractivity contribution is -0.137. The lowest BCUT2D eigenvalue weighted by atomic mass is 10.0. The van der Waals surface area contributed by atoms with Gasteiger partial charge in [-0.1, -0.05) is 12.1 Å². The van der Waals surface area contributed by atoms with Crippen LogP contribution in [-0.2, 0) is 29.4 Å². The number of carbonyl (C=O) groups is 5. The molecule has 14 heterocycles. The average molecular weight is 1790 g/mol. The van der Waals surface area contributed by atoms with Crippen LogP contribution in [0.5, 0.6) is 5.75 Å². The molecule has 10 N–H and O–H groups in total. The maximum absolute atomic E-state index is 13.8. The molecule has 123 heavy (non-hydrogen) atoms. The van der Waals surface area contributed by atoms with E-state index in [1.54, 1.807) is 85.2 Å². The molecule has 0 amide bonds. The van der Waals surface area contributed by atoms with E-state index in [0.29, 0.717) is 44.1 Å². The first-order chi connectivity index (χ1) is 58.1. The molecule has 0 bridgehead atoms. The molecule has 16 aromatic rings. The fourth-order valence-corrected chi connectivity index (χ4v) is 17.4. The Hall–Kier alpha value is -13.5. The number of ether oxygens (including phenoxy) is 2. The number of anilines is 5. The number of esters is 1. The largest absolute Gasteiger partial charge is 0.497 e. The normalized spacial score (nSPS) is 11.7. The van der Waals surface area contributed by atoms with Crippen LogP contribution in [0.3, 0.4) is 0 Å². The van der Waals surface area contributed by atoms with Gasteiger partial charge in [-0.15, -0.1) is 56.7 Å². The predicted molar refractivity (Wildman–Crippen MR) is 441 cm³/mol. The number of carbonyl (C=O) groups excluding carboxylic acids is 5. The summed E-state index contributed by atoms with van der Waals surface area (Å²) in [6.07, 6.45) is -9.41. The van der Waals surface area contributed by atoms with Gasteiger partial charge in [-0.05, 0) is 115 Å². The molecule has 2 aromatic carbocycles. The smallest absolute Gasteiger partial charge is 0.417 e. The maximum atomic E-state index is 13.8. The van der Waals surface area contributed by atoms with Crippen molar-refractivity contribution in [2.24, 2.45) is 0 Å². The highest BCUT2D eigenvalue weighted by Crippen LogP contribution is 2.50. The van der Waals surface area contributed by atoms with Crippen molar-refractivity contribution in [3.8, 4) is 62.0 Å². The highest BCUT2D eigenvalue weighted by molar-refractivity contribution is 7.23. The third-order valence-corrected chi connectivity index (χ3v) is 23.6. The Morgan fingerprint density at radius 2 is 0.659 bits per heavy atom. The van der Waals surface area contributed by atoms with E-state index in [1.807, 2.05) is 0 Å². The summed E-state index contributed by atoms with van der Waals surface area (Å²) in [6, 6.07) is 29.3. The molecule has 0 radical (unpaired) electrons. The number of aromatic nitrogens is 9. The van der Waals surface area contributed by atoms with Crippen LogP contribution in [0.4, 0.5) is 94.3 Å². The second-order valence-corrected chi connectivity index (χ2v) is 30.9. The summed E-state index contributed by atoms with van der Waals surface area (Å²) in [4.78, 5) is 97.0. The van der Waals surface area contributed by atoms with Gasteiger partial charge < -0.3 is 38.1 Å². The van der Waals surface area contributed by atoms with Gasteiger partial charge >= 0.3 is 30.7 Å². The number of methoxy groups -OCH3 is 2. The Bertz CT molecular complexity index is 6750. The fourth-order valence-electron chi connectivity index (χ4n) is 12.2. The Morgan fingerprint density at radius 1 is 0.366 bits per heavy atom. The second kappa shape index (κ2) is 35.7. The van der Waals surface area contributed by atoms with Gasteiger partial charge in [0.2, 0.25) is 5.78 Å². The molecule has 0 spiro atoms. The van der Waals surface area contributed by atoms with Crippen molar-refractivity contribution in [2.75, 3.05) is 42.9 Å². The topological polar surface area (TPSA) is 350 Å². The van der Waals surface area contributed by atoms with Crippen molar-refractivity contribution in [1.29, 1.82) is 0 Å². The number of nitrogen functional groups attached to an aromatic ring is 5. The third-order valence-electron chi connectivity index (χ3n) is 17.8. The Morgan fingerprint density at radius 3 is 0.967 bits per heavy atom. The molecule has 14 aromatic heterocycles. The highest BCUT2D eigenvalue weighted by Gasteiger charge is 2.41. The molecular formula is C82H55F15N14O7S5. The minimum Gasteiger partial charge on any atom is -0.497 e. The van der Waals surface area contributed by atoms with Crippen LogP contribution in [0, 0.1) is 5.82 Å². The number of ketones is 4. The number of nitrogens with zero attached hydrogens (tertiary/aromatic N) is 9. The Kier molecular flexibility index (Phi) is 25.7. The van der Waals surface area contributed by atoms with Gasteiger partial charge in [-0.2, -0.15) is 52.7 Å². The number of benzene rings is 2. The van der Waals surface area contributed by atoms with E-state index >= 15 is 0 Å². The van der Waals surface area contributed by atoms with Gasteiger partial charge in [-0.25, -0.2) is 42.9 Å². The van der Waals surface area contributed by atoms with Crippen LogP contribution in [0.1, 0.15) is 109 Å². The number of halogens is 15. The van der Waals surface area contributed by atoms with Crippen LogP contribution in [0.2, 0.25) is 0 Å². The number of alkyl halides is 14. The zero-order valence-corrected chi connectivity index (χ0v) is 67.4. The van der Waals surface area contributed by atoms with Gasteiger partial charge in [0.1, 0.15) is 45.5 Å². The van der Waals surface area contributed by atoms with E-state index in [2.05, 4.69) is 49.6 Å². The molecule has 630 valence electrons. The summed E-state index contributed by atoms with van der Waals surface area (Å²) in [5.41, 5.74) is 27.7. The molecule has 41 heteroatoms. The molecule has 16 rings (SSSR count). The minimum absolute atomic E-state index is 0.0124. The standard InChI is InChI=1S/C20H11F4N3OS.C17H13F3N2O2S.C15H10F3N3O2S.C15H10F3N3OS.C15H11F2N3OS/c21-12-5-3-10(4-6-12)17(28)18-16(25)15-13(20(22,23)24)8-14(27-19(15)29-18)11-2-1-7-26-9-11;1-8(23)15-14(21)13-11(17(18,19)20)7-12(22-16(13)25-15)9-4-3-5-10(6-9)24-2;1-23-14(22)12-11(19)10-8(15(16,17)18)5-9(21-13(10)24-12)7-3-2-4-20-6-7;1-7(22)13-12(19)11-9(15(16,17)18)5-10(21-14(11)23-13)8-3-2-4-20-6-8;1-7(21)13-12(18)11-9(14(16)17)5-10(20-15(11)22-13)8-3-2-4-19-6-8/h1-9H,25H2;3-7H,21H2,1-2H3;2-6H,19H2,1H3;2-6H,19H2,1H3;2-6,14H,18H2,1H3. The van der Waals surface area contributed by atoms with Gasteiger partial charge in [0.05, 0.1) is 108 Å². The van der Waals surface area contributed by atoms with Gasteiger partial charge in [0.15, 0.2) is 17.3 Å². The van der Waals surface area contributed by atoms with E-state index < -0.39 is 76.7 Å². The number of rotatable bonds is 13. The van der Waals surface area contributed by atoms with Crippen molar-refractivity contribution in [3.63, 3.8) is 0 Å². The van der Waals surface area contributed by atoms with Crippen molar-refractivity contribution in [1.82, 2.24) is 44.9 Å². The van der Waals surface area contributed by atoms with E-state index in [4.69, 9.17) is 33.4 Å². The summed E-state index contributed by atoms with van der Waals surface area (Å²) in [7, 11) is 2.60. The first kappa shape index (κ1) is 88.8. The van der Waals surface area contributed by atoms with Crippen LogP contribution < -0.4 is 33.4 Å². The summed E-state index contributed by atoms with van der Waals surface area (Å²) in [5.74, 6) is -2.47. The molecule has 0 saturated heterocycles. The number of fused-ring (bicyclic) bond motifs is 5. The van der Waals surface area contributed by atoms with Crippen LogP contribution in [0.15, 0.2) is 177 Å². The third kappa shape index (κ3) is 19.0. The van der Waals surface area contributed by atoms with Crippen LogP contribution >= 0.6 is 56.7 Å². The number of hydrogen-bond donors (Lipinski definition) is 5. The molecule has 0 fully saturated rings. The first-order valence-corrected chi connectivity index (χ1v) is 39.1. The summed E-state index contributed by atoms with van der Waals surface area (Å²) < 4.78 is 212. The zero-order valence-electron chi connectivity index (χ0n) is 63.3. The quantitative estimate of drug-likeness (QED) is 0.0407. The van der Waals surface area contributed by atoms with Crippen molar-refractivity contribution in [3.05, 3.63) is 241 Å². The van der Waals surface area contributed by atoms with E-state index in [0.717, 1.165) is 100 Å². The highest BCUT2D eigenvalue weighted by atomic mass is 32.1. The van der Waals surface area contributed by atoms with E-state index in [9.17, 15) is 89.8 Å². The number of thiophene rings is 5. The molecule has 21 nitrogen and oxygen atoms in total. The fraction of sp³-hybridized carbons (Fsp3) is 0.122. The summed E-state index contributed by atoms with van der Waals surface area (Å²) in [5, 5.41) is -0.895. The molecule has 0 atom stereocenters.